The van der Waals surface area contributed by atoms with Crippen LogP contribution in [0.1, 0.15) is 11.4 Å². The number of nitrogens with zero attached hydrogens (tertiary/aromatic N) is 3. The summed E-state index contributed by atoms with van der Waals surface area (Å²) in [5, 5.41) is 1.58. The van der Waals surface area contributed by atoms with Crippen molar-refractivity contribution in [3.05, 3.63) is 47.0 Å². The monoisotopic (exact) mass is 327 g/mol. The molecule has 0 bridgehead atoms. The Kier molecular flexibility index (Phi) is 4.30. The van der Waals surface area contributed by atoms with Gasteiger partial charge in [-0.2, -0.15) is 0 Å². The van der Waals surface area contributed by atoms with Crippen LogP contribution >= 0.6 is 27.5 Å². The number of aromatic nitrogens is 2. The van der Waals surface area contributed by atoms with Gasteiger partial charge in [-0.05, 0) is 17.7 Å². The Morgan fingerprint density at radius 3 is 2.78 bits per heavy atom. The average molecular weight is 329 g/mol. The van der Waals surface area contributed by atoms with Crippen LogP contribution in [0.3, 0.4) is 0 Å². The molecule has 3 nitrogen and oxygen atoms in total. The molecule has 0 fully saturated rings. The van der Waals surface area contributed by atoms with Crippen molar-refractivity contribution in [1.29, 1.82) is 0 Å². The fourth-order valence-electron chi connectivity index (χ4n) is 1.79. The molecule has 1 heterocycles. The fourth-order valence-corrected chi connectivity index (χ4v) is 2.49. The number of alkyl halides is 1. The first-order valence-corrected chi connectivity index (χ1v) is 7.13. The molecule has 0 aliphatic carbocycles. The molecule has 96 valence electrons. The number of halogens is 2. The minimum Gasteiger partial charge on any atom is -0.366 e. The van der Waals surface area contributed by atoms with E-state index in [9.17, 15) is 0 Å². The van der Waals surface area contributed by atoms with E-state index in [1.807, 2.05) is 37.0 Å². The maximum atomic E-state index is 6.29. The summed E-state index contributed by atoms with van der Waals surface area (Å²) < 4.78 is 2.01. The molecule has 5 heteroatoms. The lowest BCUT2D eigenvalue weighted by Gasteiger charge is -2.20. The van der Waals surface area contributed by atoms with Crippen molar-refractivity contribution in [2.75, 3.05) is 11.9 Å². The van der Waals surface area contributed by atoms with Gasteiger partial charge in [-0.3, -0.25) is 0 Å². The van der Waals surface area contributed by atoms with E-state index in [0.717, 1.165) is 28.4 Å². The zero-order valence-corrected chi connectivity index (χ0v) is 12.7. The minimum atomic E-state index is 0.733. The molecule has 1 aromatic heterocycles. The minimum absolute atomic E-state index is 0.733. The first-order valence-electron chi connectivity index (χ1n) is 5.63. The van der Waals surface area contributed by atoms with E-state index >= 15 is 0 Å². The zero-order chi connectivity index (χ0) is 13.1. The lowest BCUT2D eigenvalue weighted by molar-refractivity contribution is 0.762. The molecular formula is C13H15BrClN3. The smallest absolute Gasteiger partial charge is 0.127 e. The number of benzene rings is 1. The summed E-state index contributed by atoms with van der Waals surface area (Å²) in [5.41, 5.74) is 2.19. The molecule has 0 amide bonds. The number of hydrogen-bond acceptors (Lipinski definition) is 2. The van der Waals surface area contributed by atoms with Gasteiger partial charge in [0.1, 0.15) is 5.82 Å². The first kappa shape index (κ1) is 13.4. The van der Waals surface area contributed by atoms with Crippen molar-refractivity contribution in [3.8, 4) is 0 Å². The molecule has 2 aromatic rings. The van der Waals surface area contributed by atoms with Crippen LogP contribution in [0, 0.1) is 0 Å². The largest absolute Gasteiger partial charge is 0.366 e. The second-order valence-corrected chi connectivity index (χ2v) is 5.20. The van der Waals surface area contributed by atoms with Gasteiger partial charge >= 0.3 is 0 Å². The molecule has 0 spiro atoms. The first-order chi connectivity index (χ1) is 8.61. The van der Waals surface area contributed by atoms with Crippen molar-refractivity contribution in [2.45, 2.75) is 11.9 Å². The molecule has 0 N–H and O–H groups in total. The van der Waals surface area contributed by atoms with Gasteiger partial charge in [-0.25, -0.2) is 4.98 Å². The highest BCUT2D eigenvalue weighted by atomic mass is 79.9. The summed E-state index contributed by atoms with van der Waals surface area (Å²) in [6.45, 7) is 0.733. The number of aryl methyl sites for hydroxylation is 1. The van der Waals surface area contributed by atoms with Gasteiger partial charge in [0, 0.05) is 31.8 Å². The molecule has 0 aliphatic heterocycles. The van der Waals surface area contributed by atoms with Crippen molar-refractivity contribution in [1.82, 2.24) is 9.55 Å². The van der Waals surface area contributed by atoms with E-state index in [-0.39, 0.29) is 0 Å². The molecule has 18 heavy (non-hydrogen) atoms. The van der Waals surface area contributed by atoms with Crippen LogP contribution in [-0.4, -0.2) is 16.6 Å². The van der Waals surface area contributed by atoms with Gasteiger partial charge < -0.3 is 9.47 Å². The second kappa shape index (κ2) is 5.76. The number of rotatable bonds is 4. The summed E-state index contributed by atoms with van der Waals surface area (Å²) in [6.07, 6.45) is 3.75. The van der Waals surface area contributed by atoms with Crippen LogP contribution in [0.5, 0.6) is 0 Å². The zero-order valence-electron chi connectivity index (χ0n) is 10.4. The summed E-state index contributed by atoms with van der Waals surface area (Å²) in [4.78, 5) is 6.42. The SMILES string of the molecule is CN(Cc1nccn1C)c1ccc(CBr)cc1Cl. The molecule has 2 rings (SSSR count). The maximum absolute atomic E-state index is 6.29. The number of hydrogen-bond donors (Lipinski definition) is 0. The van der Waals surface area contributed by atoms with Crippen LogP contribution in [-0.2, 0) is 18.9 Å². The predicted octanol–water partition coefficient (Wildman–Crippen LogP) is 3.60. The Labute approximate surface area is 121 Å². The molecule has 0 saturated carbocycles. The third kappa shape index (κ3) is 2.87. The highest BCUT2D eigenvalue weighted by molar-refractivity contribution is 9.08. The number of imidazole rings is 1. The lowest BCUT2D eigenvalue weighted by atomic mass is 10.2. The summed E-state index contributed by atoms with van der Waals surface area (Å²) >= 11 is 9.72. The van der Waals surface area contributed by atoms with Gasteiger partial charge in [0.15, 0.2) is 0 Å². The van der Waals surface area contributed by atoms with E-state index in [0.29, 0.717) is 0 Å². The molecule has 1 aromatic carbocycles. The normalized spacial score (nSPS) is 10.7. The van der Waals surface area contributed by atoms with E-state index in [2.05, 4.69) is 31.9 Å². The Morgan fingerprint density at radius 1 is 1.44 bits per heavy atom. The van der Waals surface area contributed by atoms with Gasteiger partial charge in [0.25, 0.3) is 0 Å². The average Bonchev–Trinajstić information content (AvgIpc) is 2.74. The van der Waals surface area contributed by atoms with Gasteiger partial charge in [-0.15, -0.1) is 0 Å². The highest BCUT2D eigenvalue weighted by Crippen LogP contribution is 2.27. The summed E-state index contributed by atoms with van der Waals surface area (Å²) in [6, 6.07) is 6.10. The molecule has 0 atom stereocenters. The lowest BCUT2D eigenvalue weighted by Crippen LogP contribution is -2.19. The van der Waals surface area contributed by atoms with Crippen molar-refractivity contribution < 1.29 is 0 Å². The predicted molar refractivity (Wildman–Crippen MR) is 79.4 cm³/mol. The van der Waals surface area contributed by atoms with Crippen LogP contribution < -0.4 is 4.90 Å². The van der Waals surface area contributed by atoms with Gasteiger partial charge in [-0.1, -0.05) is 33.6 Å². The van der Waals surface area contributed by atoms with Crippen LogP contribution in [0.2, 0.25) is 5.02 Å². The van der Waals surface area contributed by atoms with Crippen molar-refractivity contribution in [3.63, 3.8) is 0 Å². The van der Waals surface area contributed by atoms with E-state index in [1.54, 1.807) is 6.20 Å². The van der Waals surface area contributed by atoms with Crippen LogP contribution in [0.25, 0.3) is 0 Å². The molecule has 0 saturated heterocycles. The van der Waals surface area contributed by atoms with E-state index in [1.165, 1.54) is 5.56 Å². The molecule has 0 radical (unpaired) electrons. The standard InChI is InChI=1S/C13H15BrClN3/c1-17-6-5-16-13(17)9-18(2)12-4-3-10(8-14)7-11(12)15/h3-7H,8-9H2,1-2H3. The fraction of sp³-hybridized carbons (Fsp3) is 0.308. The Balaban J connectivity index is 2.19. The second-order valence-electron chi connectivity index (χ2n) is 4.23. The van der Waals surface area contributed by atoms with Gasteiger partial charge in [0.05, 0.1) is 17.3 Å². The van der Waals surface area contributed by atoms with Gasteiger partial charge in [0.2, 0.25) is 0 Å². The van der Waals surface area contributed by atoms with Crippen LogP contribution in [0.15, 0.2) is 30.6 Å². The molecular weight excluding hydrogens is 314 g/mol. The quantitative estimate of drug-likeness (QED) is 0.800. The third-order valence-corrected chi connectivity index (χ3v) is 3.83. The van der Waals surface area contributed by atoms with Crippen LogP contribution in [0.4, 0.5) is 5.69 Å². The van der Waals surface area contributed by atoms with E-state index < -0.39 is 0 Å². The van der Waals surface area contributed by atoms with Crippen molar-refractivity contribution >= 4 is 33.2 Å². The summed E-state index contributed by atoms with van der Waals surface area (Å²) in [7, 11) is 4.01. The Bertz CT molecular complexity index is 539. The topological polar surface area (TPSA) is 21.1 Å². The molecule has 0 aliphatic rings. The highest BCUT2D eigenvalue weighted by Gasteiger charge is 2.09. The number of anilines is 1. The summed E-state index contributed by atoms with van der Waals surface area (Å²) in [5.74, 6) is 1.01. The Morgan fingerprint density at radius 2 is 2.22 bits per heavy atom. The molecule has 0 unspecified atom stereocenters. The van der Waals surface area contributed by atoms with Crippen molar-refractivity contribution in [2.24, 2.45) is 7.05 Å². The van der Waals surface area contributed by atoms with E-state index in [4.69, 9.17) is 11.6 Å². The Hall–Kier alpha value is -1.000. The third-order valence-electron chi connectivity index (χ3n) is 2.88. The maximum Gasteiger partial charge on any atom is 0.127 e.